The Balaban J connectivity index is 1.89. The molecule has 2 aliphatic heterocycles. The number of fused-ring (bicyclic) bond motifs is 2. The zero-order valence-electron chi connectivity index (χ0n) is 9.77. The Morgan fingerprint density at radius 2 is 2.35 bits per heavy atom. The lowest BCUT2D eigenvalue weighted by Gasteiger charge is -2.43. The molecule has 1 aromatic rings. The summed E-state index contributed by atoms with van der Waals surface area (Å²) in [6, 6.07) is 1.95. The Labute approximate surface area is 99.4 Å². The molecular formula is C12H15N3O2. The van der Waals surface area contributed by atoms with E-state index in [1.165, 1.54) is 0 Å². The van der Waals surface area contributed by atoms with Crippen molar-refractivity contribution in [3.63, 3.8) is 0 Å². The van der Waals surface area contributed by atoms with Gasteiger partial charge < -0.3 is 4.98 Å². The third-order valence-corrected chi connectivity index (χ3v) is 3.68. The normalized spacial score (nSPS) is 24.4. The maximum absolute atomic E-state index is 12.2. The van der Waals surface area contributed by atoms with E-state index in [1.54, 1.807) is 18.1 Å². The minimum Gasteiger partial charge on any atom is -0.357 e. The molecule has 3 heterocycles. The van der Waals surface area contributed by atoms with Gasteiger partial charge in [-0.25, -0.2) is 5.01 Å². The standard InChI is InChI=1S/C12H15N3O2/c1-8(16)9-3-5-14-6-10-2-4-13-11(10)12(17)15(14)7-9/h2,4,9,13H,3,5-7H2,1H3. The zero-order chi connectivity index (χ0) is 12.0. The molecule has 0 bridgehead atoms. The monoisotopic (exact) mass is 233 g/mol. The number of hydrogen-bond donors (Lipinski definition) is 1. The fourth-order valence-corrected chi connectivity index (χ4v) is 2.61. The number of nitrogens with zero attached hydrogens (tertiary/aromatic N) is 2. The van der Waals surface area contributed by atoms with Gasteiger partial charge in [0, 0.05) is 31.7 Å². The molecule has 90 valence electrons. The average Bonchev–Trinajstić information content (AvgIpc) is 2.77. The van der Waals surface area contributed by atoms with Gasteiger partial charge in [-0.1, -0.05) is 0 Å². The van der Waals surface area contributed by atoms with Gasteiger partial charge in [0.05, 0.1) is 0 Å². The highest BCUT2D eigenvalue weighted by atomic mass is 16.2. The number of H-pyrrole nitrogens is 1. The highest BCUT2D eigenvalue weighted by Crippen LogP contribution is 2.27. The molecule has 1 N–H and O–H groups in total. The Morgan fingerprint density at radius 1 is 1.53 bits per heavy atom. The summed E-state index contributed by atoms with van der Waals surface area (Å²) < 4.78 is 0. The number of hydrazine groups is 1. The van der Waals surface area contributed by atoms with Crippen LogP contribution in [0.1, 0.15) is 29.4 Å². The van der Waals surface area contributed by atoms with Crippen LogP contribution in [0.15, 0.2) is 12.3 Å². The van der Waals surface area contributed by atoms with Crippen molar-refractivity contribution in [3.8, 4) is 0 Å². The van der Waals surface area contributed by atoms with Crippen molar-refractivity contribution in [2.45, 2.75) is 19.9 Å². The van der Waals surface area contributed by atoms with Crippen molar-refractivity contribution in [2.75, 3.05) is 13.1 Å². The van der Waals surface area contributed by atoms with Gasteiger partial charge >= 0.3 is 0 Å². The summed E-state index contributed by atoms with van der Waals surface area (Å²) in [5.41, 5.74) is 1.72. The third-order valence-electron chi connectivity index (χ3n) is 3.68. The molecule has 1 fully saturated rings. The van der Waals surface area contributed by atoms with Crippen LogP contribution in [-0.4, -0.2) is 39.8 Å². The average molecular weight is 233 g/mol. The lowest BCUT2D eigenvalue weighted by molar-refractivity contribution is -0.127. The predicted octanol–water partition coefficient (Wildman–Crippen LogP) is 0.796. The number of amides is 1. The maximum Gasteiger partial charge on any atom is 0.284 e. The number of ketones is 1. The lowest BCUT2D eigenvalue weighted by Crippen LogP contribution is -2.56. The quantitative estimate of drug-likeness (QED) is 0.780. The lowest BCUT2D eigenvalue weighted by atomic mass is 9.97. The minimum absolute atomic E-state index is 0.00767. The first kappa shape index (κ1) is 10.5. The van der Waals surface area contributed by atoms with Crippen LogP contribution in [0.3, 0.4) is 0 Å². The van der Waals surface area contributed by atoms with E-state index in [-0.39, 0.29) is 17.6 Å². The maximum atomic E-state index is 12.2. The predicted molar refractivity (Wildman–Crippen MR) is 61.0 cm³/mol. The van der Waals surface area contributed by atoms with Crippen molar-refractivity contribution in [3.05, 3.63) is 23.5 Å². The highest BCUT2D eigenvalue weighted by Gasteiger charge is 2.37. The molecule has 17 heavy (non-hydrogen) atoms. The summed E-state index contributed by atoms with van der Waals surface area (Å²) in [6.45, 7) is 3.66. The summed E-state index contributed by atoms with van der Waals surface area (Å²) in [5.74, 6) is 0.156. The molecule has 0 spiro atoms. The van der Waals surface area contributed by atoms with Crippen LogP contribution in [0.5, 0.6) is 0 Å². The molecule has 0 aromatic carbocycles. The molecule has 1 aromatic heterocycles. The van der Waals surface area contributed by atoms with Crippen molar-refractivity contribution >= 4 is 11.7 Å². The number of aromatic nitrogens is 1. The summed E-state index contributed by atoms with van der Waals surface area (Å²) >= 11 is 0. The second-order valence-corrected chi connectivity index (χ2v) is 4.75. The number of carbonyl (C=O) groups is 2. The van der Waals surface area contributed by atoms with Crippen LogP contribution in [0.4, 0.5) is 0 Å². The molecule has 5 nitrogen and oxygen atoms in total. The molecule has 2 aliphatic rings. The third kappa shape index (κ3) is 1.58. The smallest absolute Gasteiger partial charge is 0.284 e. The molecule has 5 heteroatoms. The molecular weight excluding hydrogens is 218 g/mol. The first-order chi connectivity index (χ1) is 8.16. The molecule has 1 saturated heterocycles. The van der Waals surface area contributed by atoms with E-state index in [9.17, 15) is 9.59 Å². The van der Waals surface area contributed by atoms with E-state index >= 15 is 0 Å². The van der Waals surface area contributed by atoms with Crippen LogP contribution >= 0.6 is 0 Å². The Morgan fingerprint density at radius 3 is 3.12 bits per heavy atom. The molecule has 1 unspecified atom stereocenters. The summed E-state index contributed by atoms with van der Waals surface area (Å²) in [6.07, 6.45) is 2.64. The number of Topliss-reactive ketones (excluding diaryl/α,β-unsaturated/α-hetero) is 1. The summed E-state index contributed by atoms with van der Waals surface area (Å²) in [7, 11) is 0. The molecule has 0 radical (unpaired) electrons. The van der Waals surface area contributed by atoms with Crippen molar-refractivity contribution in [1.29, 1.82) is 0 Å². The van der Waals surface area contributed by atoms with Crippen LogP contribution in [0.25, 0.3) is 0 Å². The van der Waals surface area contributed by atoms with Gasteiger partial charge in [-0.05, 0) is 25.0 Å². The molecule has 1 amide bonds. The second-order valence-electron chi connectivity index (χ2n) is 4.75. The van der Waals surface area contributed by atoms with Gasteiger partial charge in [0.1, 0.15) is 11.5 Å². The van der Waals surface area contributed by atoms with Crippen LogP contribution in [-0.2, 0) is 11.3 Å². The van der Waals surface area contributed by atoms with Gasteiger partial charge in [-0.15, -0.1) is 0 Å². The fraction of sp³-hybridized carbons (Fsp3) is 0.500. The number of hydrogen-bond acceptors (Lipinski definition) is 3. The molecule has 0 aliphatic carbocycles. The van der Waals surface area contributed by atoms with Crippen molar-refractivity contribution in [2.24, 2.45) is 5.92 Å². The summed E-state index contributed by atoms with van der Waals surface area (Å²) in [4.78, 5) is 26.6. The van der Waals surface area contributed by atoms with Crippen LogP contribution in [0.2, 0.25) is 0 Å². The van der Waals surface area contributed by atoms with Crippen molar-refractivity contribution in [1.82, 2.24) is 15.0 Å². The molecule has 1 atom stereocenters. The van der Waals surface area contributed by atoms with E-state index in [4.69, 9.17) is 0 Å². The second kappa shape index (κ2) is 3.70. The highest BCUT2D eigenvalue weighted by molar-refractivity contribution is 5.95. The van der Waals surface area contributed by atoms with E-state index in [0.717, 1.165) is 25.1 Å². The van der Waals surface area contributed by atoms with Gasteiger partial charge in [-0.3, -0.25) is 14.6 Å². The van der Waals surface area contributed by atoms with Gasteiger partial charge in [0.15, 0.2) is 0 Å². The number of aromatic amines is 1. The topological polar surface area (TPSA) is 56.4 Å². The Kier molecular flexibility index (Phi) is 2.29. The largest absolute Gasteiger partial charge is 0.357 e. The number of rotatable bonds is 1. The Bertz CT molecular complexity index is 480. The SMILES string of the molecule is CC(=O)C1CCN2Cc3cc[nH]c3C(=O)N2C1. The Hall–Kier alpha value is -1.62. The van der Waals surface area contributed by atoms with Gasteiger partial charge in [0.25, 0.3) is 5.91 Å². The van der Waals surface area contributed by atoms with Gasteiger partial charge in [-0.2, -0.15) is 0 Å². The van der Waals surface area contributed by atoms with Crippen LogP contribution in [0, 0.1) is 5.92 Å². The van der Waals surface area contributed by atoms with E-state index in [1.807, 2.05) is 11.1 Å². The van der Waals surface area contributed by atoms with E-state index in [2.05, 4.69) is 4.98 Å². The molecule has 0 saturated carbocycles. The number of carbonyl (C=O) groups excluding carboxylic acids is 2. The minimum atomic E-state index is -0.0119. The first-order valence-electron chi connectivity index (χ1n) is 5.90. The van der Waals surface area contributed by atoms with Crippen molar-refractivity contribution < 1.29 is 9.59 Å². The van der Waals surface area contributed by atoms with Crippen LogP contribution < -0.4 is 0 Å². The van der Waals surface area contributed by atoms with E-state index < -0.39 is 0 Å². The fourth-order valence-electron chi connectivity index (χ4n) is 2.61. The molecule has 3 rings (SSSR count). The first-order valence-corrected chi connectivity index (χ1v) is 5.90. The number of nitrogens with one attached hydrogen (secondary N) is 1. The zero-order valence-corrected chi connectivity index (χ0v) is 9.77. The summed E-state index contributed by atoms with van der Waals surface area (Å²) in [5, 5.41) is 3.76. The van der Waals surface area contributed by atoms with Gasteiger partial charge in [0.2, 0.25) is 0 Å². The van der Waals surface area contributed by atoms with E-state index in [0.29, 0.717) is 12.2 Å².